The van der Waals surface area contributed by atoms with Crippen LogP contribution in [-0.2, 0) is 9.53 Å². The maximum Gasteiger partial charge on any atom is 0.329 e. The zero-order valence-electron chi connectivity index (χ0n) is 12.2. The van der Waals surface area contributed by atoms with Crippen molar-refractivity contribution in [1.82, 2.24) is 9.78 Å². The number of carboxylic acid groups (broad SMARTS) is 1. The number of ether oxygens (including phenoxy) is 1. The van der Waals surface area contributed by atoms with Gasteiger partial charge < -0.3 is 9.84 Å². The summed E-state index contributed by atoms with van der Waals surface area (Å²) in [6.45, 7) is -0.0103. The monoisotopic (exact) mass is 333 g/mol. The second-order valence-electron chi connectivity index (χ2n) is 5.52. The molecule has 2 rings (SSSR count). The molecule has 1 heterocycles. The fourth-order valence-electron chi connectivity index (χ4n) is 2.77. The molecule has 0 atom stereocenters. The Morgan fingerprint density at radius 1 is 1.48 bits per heavy atom. The molecule has 0 bridgehead atoms. The highest BCUT2D eigenvalue weighted by Gasteiger charge is 2.30. The summed E-state index contributed by atoms with van der Waals surface area (Å²) in [5.41, 5.74) is -1.46. The Balaban J connectivity index is 1.93. The van der Waals surface area contributed by atoms with Gasteiger partial charge in [-0.25, -0.2) is 13.6 Å². The highest BCUT2D eigenvalue weighted by atomic mass is 19.3. The summed E-state index contributed by atoms with van der Waals surface area (Å²) in [5, 5.41) is 23.0. The second kappa shape index (κ2) is 7.44. The molecule has 0 aliphatic heterocycles. The molecule has 1 N–H and O–H groups in total. The van der Waals surface area contributed by atoms with Gasteiger partial charge in [-0.2, -0.15) is 5.10 Å². The molecule has 0 radical (unpaired) electrons. The molecule has 1 aromatic rings. The van der Waals surface area contributed by atoms with E-state index in [4.69, 9.17) is 9.84 Å². The van der Waals surface area contributed by atoms with E-state index in [-0.39, 0.29) is 18.6 Å². The molecule has 0 saturated heterocycles. The summed E-state index contributed by atoms with van der Waals surface area (Å²) in [6.07, 6.45) is 0.778. The number of aromatic nitrogens is 2. The van der Waals surface area contributed by atoms with Crippen molar-refractivity contribution in [2.24, 2.45) is 5.92 Å². The van der Waals surface area contributed by atoms with Crippen molar-refractivity contribution in [3.63, 3.8) is 0 Å². The van der Waals surface area contributed by atoms with Crippen molar-refractivity contribution < 1.29 is 28.3 Å². The van der Waals surface area contributed by atoms with Crippen molar-refractivity contribution in [1.29, 1.82) is 0 Å². The van der Waals surface area contributed by atoms with Crippen LogP contribution < -0.4 is 0 Å². The Kier molecular flexibility index (Phi) is 5.59. The van der Waals surface area contributed by atoms with Crippen LogP contribution in [0.1, 0.15) is 43.8 Å². The maximum atomic E-state index is 12.8. The smallest absolute Gasteiger partial charge is 0.329 e. The van der Waals surface area contributed by atoms with Crippen LogP contribution in [0, 0.1) is 16.0 Å². The standard InChI is InChI=1S/C13H17F2N3O5/c14-13(15)12-10(18(21)22)5-17(16-12)9-3-1-8(2-4-9)6-23-7-11(19)20/h5,8-9,13H,1-4,6-7H2,(H,19,20). The Morgan fingerprint density at radius 2 is 2.13 bits per heavy atom. The fraction of sp³-hybridized carbons (Fsp3) is 0.692. The van der Waals surface area contributed by atoms with Gasteiger partial charge in [-0.1, -0.05) is 0 Å². The third-order valence-electron chi connectivity index (χ3n) is 3.91. The zero-order valence-corrected chi connectivity index (χ0v) is 12.2. The van der Waals surface area contributed by atoms with Crippen LogP contribution in [0.4, 0.5) is 14.5 Å². The summed E-state index contributed by atoms with van der Waals surface area (Å²) < 4.78 is 31.9. The van der Waals surface area contributed by atoms with E-state index < -0.39 is 28.7 Å². The maximum absolute atomic E-state index is 12.8. The molecule has 10 heteroatoms. The van der Waals surface area contributed by atoms with E-state index in [1.54, 1.807) is 0 Å². The predicted octanol–water partition coefficient (Wildman–Crippen LogP) is 2.56. The molecular formula is C13H17F2N3O5. The van der Waals surface area contributed by atoms with Gasteiger partial charge in [0.15, 0.2) is 0 Å². The van der Waals surface area contributed by atoms with Crippen LogP contribution in [0.2, 0.25) is 0 Å². The number of carbonyl (C=O) groups is 1. The molecule has 0 spiro atoms. The number of rotatable bonds is 7. The van der Waals surface area contributed by atoms with Crippen molar-refractivity contribution in [3.05, 3.63) is 22.0 Å². The van der Waals surface area contributed by atoms with Gasteiger partial charge in [0, 0.05) is 0 Å². The lowest BCUT2D eigenvalue weighted by atomic mass is 9.86. The number of hydrogen-bond acceptors (Lipinski definition) is 5. The lowest BCUT2D eigenvalue weighted by Gasteiger charge is -2.28. The molecule has 8 nitrogen and oxygen atoms in total. The van der Waals surface area contributed by atoms with E-state index in [9.17, 15) is 23.7 Å². The molecule has 0 unspecified atom stereocenters. The second-order valence-corrected chi connectivity index (χ2v) is 5.52. The van der Waals surface area contributed by atoms with Crippen LogP contribution >= 0.6 is 0 Å². The average molecular weight is 333 g/mol. The van der Waals surface area contributed by atoms with Gasteiger partial charge in [0.2, 0.25) is 5.69 Å². The normalized spacial score (nSPS) is 21.5. The van der Waals surface area contributed by atoms with Gasteiger partial charge in [0.1, 0.15) is 12.8 Å². The Morgan fingerprint density at radius 3 is 2.61 bits per heavy atom. The minimum Gasteiger partial charge on any atom is -0.480 e. The van der Waals surface area contributed by atoms with E-state index in [0.29, 0.717) is 19.4 Å². The number of aliphatic carboxylic acids is 1. The molecule has 0 aromatic carbocycles. The highest BCUT2D eigenvalue weighted by molar-refractivity contribution is 5.67. The van der Waals surface area contributed by atoms with E-state index in [1.807, 2.05) is 0 Å². The van der Waals surface area contributed by atoms with E-state index in [0.717, 1.165) is 19.0 Å². The van der Waals surface area contributed by atoms with Gasteiger partial charge in [-0.15, -0.1) is 0 Å². The van der Waals surface area contributed by atoms with E-state index >= 15 is 0 Å². The summed E-state index contributed by atoms with van der Waals surface area (Å²) in [7, 11) is 0. The third-order valence-corrected chi connectivity index (χ3v) is 3.91. The van der Waals surface area contributed by atoms with Crippen LogP contribution in [0.5, 0.6) is 0 Å². The van der Waals surface area contributed by atoms with Gasteiger partial charge in [-0.3, -0.25) is 14.8 Å². The average Bonchev–Trinajstić information content (AvgIpc) is 2.93. The fourth-order valence-corrected chi connectivity index (χ4v) is 2.77. The van der Waals surface area contributed by atoms with Crippen molar-refractivity contribution in [3.8, 4) is 0 Å². The third kappa shape index (κ3) is 4.44. The molecule has 1 aliphatic carbocycles. The van der Waals surface area contributed by atoms with Crippen LogP contribution in [0.25, 0.3) is 0 Å². The number of halogens is 2. The summed E-state index contributed by atoms with van der Waals surface area (Å²) in [5.74, 6) is -0.826. The topological polar surface area (TPSA) is 107 Å². The minimum absolute atomic E-state index is 0.170. The zero-order chi connectivity index (χ0) is 17.0. The SMILES string of the molecule is O=C(O)COCC1CCC(n2cc([N+](=O)[O-])c(C(F)F)n2)CC1. The number of alkyl halides is 2. The first-order chi connectivity index (χ1) is 10.9. The lowest BCUT2D eigenvalue weighted by molar-refractivity contribution is -0.386. The highest BCUT2D eigenvalue weighted by Crippen LogP contribution is 2.35. The predicted molar refractivity (Wildman–Crippen MR) is 73.3 cm³/mol. The van der Waals surface area contributed by atoms with Gasteiger partial charge in [0.25, 0.3) is 6.43 Å². The molecule has 23 heavy (non-hydrogen) atoms. The molecule has 128 valence electrons. The van der Waals surface area contributed by atoms with Crippen LogP contribution in [0.3, 0.4) is 0 Å². The van der Waals surface area contributed by atoms with Crippen LogP contribution in [-0.4, -0.2) is 39.0 Å². The molecule has 0 amide bonds. The lowest BCUT2D eigenvalue weighted by Crippen LogP contribution is -2.22. The van der Waals surface area contributed by atoms with E-state index in [2.05, 4.69) is 5.10 Å². The first kappa shape index (κ1) is 17.3. The molecular weight excluding hydrogens is 316 g/mol. The van der Waals surface area contributed by atoms with Crippen molar-refractivity contribution >= 4 is 11.7 Å². The molecule has 1 aromatic heterocycles. The molecule has 1 fully saturated rings. The first-order valence-corrected chi connectivity index (χ1v) is 7.19. The number of carboxylic acids is 1. The molecule has 1 saturated carbocycles. The largest absolute Gasteiger partial charge is 0.480 e. The van der Waals surface area contributed by atoms with Gasteiger partial charge in [0.05, 0.1) is 17.6 Å². The van der Waals surface area contributed by atoms with Crippen molar-refractivity contribution in [2.75, 3.05) is 13.2 Å². The number of nitro groups is 1. The summed E-state index contributed by atoms with van der Waals surface area (Å²) in [6, 6.07) is -0.170. The van der Waals surface area contributed by atoms with Crippen LogP contribution in [0.15, 0.2) is 6.20 Å². The summed E-state index contributed by atoms with van der Waals surface area (Å²) in [4.78, 5) is 20.3. The Labute approximate surface area is 130 Å². The first-order valence-electron chi connectivity index (χ1n) is 7.19. The summed E-state index contributed by atoms with van der Waals surface area (Å²) >= 11 is 0. The Bertz CT molecular complexity index is 570. The number of nitrogens with zero attached hydrogens (tertiary/aromatic N) is 3. The molecule has 1 aliphatic rings. The number of hydrogen-bond donors (Lipinski definition) is 1. The van der Waals surface area contributed by atoms with E-state index in [1.165, 1.54) is 4.68 Å². The Hall–Kier alpha value is -2.10. The quantitative estimate of drug-likeness (QED) is 0.607. The van der Waals surface area contributed by atoms with Gasteiger partial charge in [-0.05, 0) is 31.6 Å². The van der Waals surface area contributed by atoms with Gasteiger partial charge >= 0.3 is 11.7 Å². The minimum atomic E-state index is -2.99. The van der Waals surface area contributed by atoms with Crippen molar-refractivity contribution in [2.45, 2.75) is 38.2 Å².